The molecule has 1 saturated carbocycles. The van der Waals surface area contributed by atoms with Crippen molar-refractivity contribution in [2.24, 2.45) is 0 Å². The molecule has 0 bridgehead atoms. The van der Waals surface area contributed by atoms with Crippen molar-refractivity contribution >= 4 is 5.78 Å². The smallest absolute Gasteiger partial charge is 0.169 e. The van der Waals surface area contributed by atoms with Crippen LogP contribution < -0.4 is 0 Å². The summed E-state index contributed by atoms with van der Waals surface area (Å²) in [4.78, 5) is 12.1. The van der Waals surface area contributed by atoms with E-state index in [1.54, 1.807) is 19.6 Å². The van der Waals surface area contributed by atoms with Crippen molar-refractivity contribution in [1.29, 1.82) is 0 Å². The second kappa shape index (κ2) is 4.19. The van der Waals surface area contributed by atoms with E-state index >= 15 is 0 Å². The zero-order valence-electron chi connectivity index (χ0n) is 8.99. The molecule has 1 heterocycles. The fraction of sp³-hybridized carbons (Fsp3) is 0.583. The van der Waals surface area contributed by atoms with Gasteiger partial charge >= 0.3 is 0 Å². The third kappa shape index (κ3) is 1.97. The first kappa shape index (κ1) is 10.4. The quantitative estimate of drug-likeness (QED) is 0.762. The summed E-state index contributed by atoms with van der Waals surface area (Å²) in [5.74, 6) is 0.184. The lowest BCUT2D eigenvalue weighted by Crippen LogP contribution is -2.38. The van der Waals surface area contributed by atoms with E-state index < -0.39 is 5.60 Å². The number of ether oxygens (including phenoxy) is 1. The average Bonchev–Trinajstić information content (AvgIpc) is 2.87. The molecule has 15 heavy (non-hydrogen) atoms. The van der Waals surface area contributed by atoms with E-state index in [1.807, 2.05) is 6.07 Å². The standard InChI is InChI=1S/C12H16O3/c1-14-12(5-2-3-6-12)11(13)8-10-4-7-15-9-10/h4,7,9H,2-3,5-6,8H2,1H3. The summed E-state index contributed by atoms with van der Waals surface area (Å²) < 4.78 is 10.4. The number of hydrogen-bond donors (Lipinski definition) is 0. The third-order valence-corrected chi connectivity index (χ3v) is 3.25. The van der Waals surface area contributed by atoms with Crippen molar-refractivity contribution in [2.75, 3.05) is 7.11 Å². The first-order valence-corrected chi connectivity index (χ1v) is 5.36. The van der Waals surface area contributed by atoms with Gasteiger partial charge in [0.15, 0.2) is 5.78 Å². The maximum atomic E-state index is 12.1. The lowest BCUT2D eigenvalue weighted by molar-refractivity contribution is -0.139. The van der Waals surface area contributed by atoms with Gasteiger partial charge in [0.2, 0.25) is 0 Å². The lowest BCUT2D eigenvalue weighted by atomic mass is 9.92. The molecular formula is C12H16O3. The van der Waals surface area contributed by atoms with E-state index in [9.17, 15) is 4.79 Å². The van der Waals surface area contributed by atoms with Crippen LogP contribution in [0, 0.1) is 0 Å². The number of rotatable bonds is 4. The molecule has 1 fully saturated rings. The van der Waals surface area contributed by atoms with E-state index in [4.69, 9.17) is 9.15 Å². The summed E-state index contributed by atoms with van der Waals surface area (Å²) in [5, 5.41) is 0. The van der Waals surface area contributed by atoms with Crippen LogP contribution in [-0.2, 0) is 16.0 Å². The fourth-order valence-corrected chi connectivity index (χ4v) is 2.28. The summed E-state index contributed by atoms with van der Waals surface area (Å²) >= 11 is 0. The zero-order chi connectivity index (χ0) is 10.7. The second-order valence-corrected chi connectivity index (χ2v) is 4.14. The molecule has 0 amide bonds. The molecule has 1 aliphatic carbocycles. The number of carbonyl (C=O) groups excluding carboxylic acids is 1. The predicted molar refractivity (Wildman–Crippen MR) is 55.6 cm³/mol. The van der Waals surface area contributed by atoms with Crippen molar-refractivity contribution in [3.8, 4) is 0 Å². The van der Waals surface area contributed by atoms with Crippen LogP contribution in [0.4, 0.5) is 0 Å². The average molecular weight is 208 g/mol. The zero-order valence-corrected chi connectivity index (χ0v) is 8.99. The lowest BCUT2D eigenvalue weighted by Gasteiger charge is -2.25. The van der Waals surface area contributed by atoms with Crippen molar-refractivity contribution in [2.45, 2.75) is 37.7 Å². The molecule has 1 aromatic rings. The molecule has 0 radical (unpaired) electrons. The molecule has 0 N–H and O–H groups in total. The van der Waals surface area contributed by atoms with Gasteiger partial charge in [0, 0.05) is 13.5 Å². The van der Waals surface area contributed by atoms with Gasteiger partial charge in [-0.2, -0.15) is 0 Å². The molecule has 1 aromatic heterocycles. The normalized spacial score (nSPS) is 19.3. The molecular weight excluding hydrogens is 192 g/mol. The van der Waals surface area contributed by atoms with Gasteiger partial charge in [0.25, 0.3) is 0 Å². The Hall–Kier alpha value is -1.09. The maximum absolute atomic E-state index is 12.1. The molecule has 3 heteroatoms. The number of Topliss-reactive ketones (excluding diaryl/α,β-unsaturated/α-hetero) is 1. The van der Waals surface area contributed by atoms with Gasteiger partial charge < -0.3 is 9.15 Å². The van der Waals surface area contributed by atoms with Crippen LogP contribution in [-0.4, -0.2) is 18.5 Å². The summed E-state index contributed by atoms with van der Waals surface area (Å²) in [5.41, 5.74) is 0.417. The molecule has 0 aliphatic heterocycles. The number of furan rings is 1. The van der Waals surface area contributed by atoms with Crippen molar-refractivity contribution < 1.29 is 13.9 Å². The Labute approximate surface area is 89.4 Å². The number of carbonyl (C=O) groups is 1. The van der Waals surface area contributed by atoms with E-state index in [0.29, 0.717) is 6.42 Å². The van der Waals surface area contributed by atoms with Crippen LogP contribution in [0.2, 0.25) is 0 Å². The molecule has 3 nitrogen and oxygen atoms in total. The van der Waals surface area contributed by atoms with Crippen LogP contribution in [0.25, 0.3) is 0 Å². The van der Waals surface area contributed by atoms with Gasteiger partial charge in [-0.05, 0) is 37.3 Å². The van der Waals surface area contributed by atoms with Crippen LogP contribution in [0.3, 0.4) is 0 Å². The summed E-state index contributed by atoms with van der Waals surface area (Å²) in [6, 6.07) is 1.83. The van der Waals surface area contributed by atoms with Gasteiger partial charge in [-0.1, -0.05) is 0 Å². The summed E-state index contributed by atoms with van der Waals surface area (Å²) in [7, 11) is 1.64. The minimum Gasteiger partial charge on any atom is -0.472 e. The highest BCUT2D eigenvalue weighted by Crippen LogP contribution is 2.34. The summed E-state index contributed by atoms with van der Waals surface area (Å²) in [6.07, 6.45) is 7.54. The Kier molecular flexibility index (Phi) is 2.91. The number of ketones is 1. The predicted octanol–water partition coefficient (Wildman–Crippen LogP) is 2.35. The SMILES string of the molecule is COC1(C(=O)Cc2ccoc2)CCCC1. The molecule has 0 aromatic carbocycles. The number of methoxy groups -OCH3 is 1. The first-order valence-electron chi connectivity index (χ1n) is 5.36. The van der Waals surface area contributed by atoms with Gasteiger partial charge in [-0.3, -0.25) is 4.79 Å². The van der Waals surface area contributed by atoms with Crippen molar-refractivity contribution in [3.63, 3.8) is 0 Å². The van der Waals surface area contributed by atoms with Crippen LogP contribution in [0.5, 0.6) is 0 Å². The molecule has 1 aliphatic rings. The molecule has 82 valence electrons. The minimum atomic E-state index is -0.517. The molecule has 2 rings (SSSR count). The second-order valence-electron chi connectivity index (χ2n) is 4.14. The third-order valence-electron chi connectivity index (χ3n) is 3.25. The highest BCUT2D eigenvalue weighted by Gasteiger charge is 2.40. The highest BCUT2D eigenvalue weighted by atomic mass is 16.5. The highest BCUT2D eigenvalue weighted by molar-refractivity contribution is 5.89. The van der Waals surface area contributed by atoms with Crippen molar-refractivity contribution in [3.05, 3.63) is 24.2 Å². The van der Waals surface area contributed by atoms with Crippen molar-refractivity contribution in [1.82, 2.24) is 0 Å². The molecule has 0 spiro atoms. The van der Waals surface area contributed by atoms with Gasteiger partial charge in [0.05, 0.1) is 12.5 Å². The Morgan fingerprint density at radius 1 is 1.53 bits per heavy atom. The van der Waals surface area contributed by atoms with E-state index in [-0.39, 0.29) is 5.78 Å². The van der Waals surface area contributed by atoms with E-state index in [0.717, 1.165) is 31.2 Å². The Morgan fingerprint density at radius 3 is 2.80 bits per heavy atom. The Morgan fingerprint density at radius 2 is 2.27 bits per heavy atom. The van der Waals surface area contributed by atoms with Gasteiger partial charge in [-0.25, -0.2) is 0 Å². The first-order chi connectivity index (χ1) is 7.27. The maximum Gasteiger partial charge on any atom is 0.169 e. The largest absolute Gasteiger partial charge is 0.472 e. The summed E-state index contributed by atoms with van der Waals surface area (Å²) in [6.45, 7) is 0. The van der Waals surface area contributed by atoms with Crippen LogP contribution in [0.15, 0.2) is 23.0 Å². The molecule has 0 unspecified atom stereocenters. The topological polar surface area (TPSA) is 39.4 Å². The Bertz CT molecular complexity index is 321. The van der Waals surface area contributed by atoms with E-state index in [2.05, 4.69) is 0 Å². The molecule has 0 atom stereocenters. The monoisotopic (exact) mass is 208 g/mol. The van der Waals surface area contributed by atoms with E-state index in [1.165, 1.54) is 0 Å². The minimum absolute atomic E-state index is 0.184. The molecule has 0 saturated heterocycles. The fourth-order valence-electron chi connectivity index (χ4n) is 2.28. The van der Waals surface area contributed by atoms with Gasteiger partial charge in [-0.15, -0.1) is 0 Å². The van der Waals surface area contributed by atoms with Crippen LogP contribution >= 0.6 is 0 Å². The van der Waals surface area contributed by atoms with Gasteiger partial charge in [0.1, 0.15) is 5.60 Å². The van der Waals surface area contributed by atoms with Crippen LogP contribution in [0.1, 0.15) is 31.2 Å². The number of hydrogen-bond acceptors (Lipinski definition) is 3. The Balaban J connectivity index is 2.06.